The van der Waals surface area contributed by atoms with Gasteiger partial charge in [-0.3, -0.25) is 38.4 Å². The Morgan fingerprint density at radius 2 is 1.14 bits per heavy atom. The molecule has 0 aliphatic rings. The van der Waals surface area contributed by atoms with Crippen LogP contribution >= 0.6 is 0 Å². The van der Waals surface area contributed by atoms with Crippen LogP contribution in [0.15, 0.2) is 30.3 Å². The fourth-order valence-electron chi connectivity index (χ4n) is 5.77. The van der Waals surface area contributed by atoms with Gasteiger partial charge in [-0.15, -0.1) is 0 Å². The summed E-state index contributed by atoms with van der Waals surface area (Å²) in [5.74, 6) is -8.52. The third-order valence-electron chi connectivity index (χ3n) is 8.97. The Morgan fingerprint density at radius 1 is 0.638 bits per heavy atom. The number of carbonyl (C=O) groups is 9. The van der Waals surface area contributed by atoms with Crippen LogP contribution < -0.4 is 43.0 Å². The van der Waals surface area contributed by atoms with Gasteiger partial charge in [0.1, 0.15) is 36.3 Å². The van der Waals surface area contributed by atoms with E-state index in [-0.39, 0.29) is 37.0 Å². The molecule has 0 spiro atoms. The highest BCUT2D eigenvalue weighted by molar-refractivity contribution is 5.98. The minimum atomic E-state index is -1.64. The number of carbonyl (C=O) groups excluding carboxylic acids is 8. The number of benzene rings is 1. The first-order chi connectivity index (χ1) is 27.0. The van der Waals surface area contributed by atoms with Crippen molar-refractivity contribution >= 4 is 53.2 Å². The lowest BCUT2D eigenvalue weighted by molar-refractivity contribution is -0.142. The molecule has 0 aliphatic heterocycles. The van der Waals surface area contributed by atoms with Crippen molar-refractivity contribution in [3.63, 3.8) is 0 Å². The topological polar surface area (TPSA) is 304 Å². The molecule has 1 rings (SSSR count). The molecule has 0 aliphatic carbocycles. The lowest BCUT2D eigenvalue weighted by Gasteiger charge is -2.28. The second-order valence-electron chi connectivity index (χ2n) is 15.3. The van der Waals surface area contributed by atoms with Crippen LogP contribution in [0.5, 0.6) is 0 Å². The Balaban J connectivity index is 3.17. The van der Waals surface area contributed by atoms with Crippen molar-refractivity contribution in [1.29, 1.82) is 0 Å². The summed E-state index contributed by atoms with van der Waals surface area (Å²) in [6.45, 7) is 12.6. The summed E-state index contributed by atoms with van der Waals surface area (Å²) >= 11 is 0. The van der Waals surface area contributed by atoms with Gasteiger partial charge in [-0.1, -0.05) is 78.3 Å². The highest BCUT2D eigenvalue weighted by atomic mass is 16.4. The first-order valence-corrected chi connectivity index (χ1v) is 19.3. The molecule has 19 heteroatoms. The summed E-state index contributed by atoms with van der Waals surface area (Å²) in [5.41, 5.74) is 5.95. The van der Waals surface area contributed by atoms with Crippen LogP contribution in [0.4, 0.5) is 0 Å². The Morgan fingerprint density at radius 3 is 1.62 bits per heavy atom. The van der Waals surface area contributed by atoms with Crippen molar-refractivity contribution in [1.82, 2.24) is 37.2 Å². The molecule has 0 saturated carbocycles. The number of hydrogen-bond acceptors (Lipinski definition) is 10. The van der Waals surface area contributed by atoms with Crippen molar-refractivity contribution < 1.29 is 53.4 Å². The average molecular weight is 819 g/mol. The minimum absolute atomic E-state index is 0.00764. The molecule has 0 radical (unpaired) electrons. The Kier molecular flexibility index (Phi) is 21.7. The van der Waals surface area contributed by atoms with Gasteiger partial charge in [-0.05, 0) is 43.1 Å². The first-order valence-electron chi connectivity index (χ1n) is 19.3. The molecule has 324 valence electrons. The van der Waals surface area contributed by atoms with Gasteiger partial charge >= 0.3 is 5.97 Å². The minimum Gasteiger partial charge on any atom is -0.480 e. The Bertz CT molecular complexity index is 1590. The van der Waals surface area contributed by atoms with Crippen molar-refractivity contribution in [2.75, 3.05) is 6.54 Å². The number of primary amides is 1. The van der Waals surface area contributed by atoms with Gasteiger partial charge in [0.15, 0.2) is 0 Å². The lowest BCUT2D eigenvalue weighted by Crippen LogP contribution is -2.61. The molecule has 0 aromatic heterocycles. The third kappa shape index (κ3) is 18.6. The number of hydrogen-bond donors (Lipinski definition) is 10. The van der Waals surface area contributed by atoms with Crippen LogP contribution in [-0.2, 0) is 49.6 Å². The fraction of sp³-hybridized carbons (Fsp3) is 0.615. The maximum Gasteiger partial charge on any atom is 0.326 e. The number of rotatable bonds is 25. The van der Waals surface area contributed by atoms with Gasteiger partial charge in [-0.2, -0.15) is 0 Å². The molecule has 8 amide bonds. The molecular formula is C39H62N8O11. The number of nitrogens with two attached hydrogens (primary N) is 1. The molecule has 58 heavy (non-hydrogen) atoms. The standard InChI is InChI=1S/C39H62N8O11/c1-9-22(6)32(42-24(8)49)37(55)41-19-31(51)43-26(15-20(2)3)36(54)47-33(23(7)48)38(56)45-27(16-21(4)5)34(52)44-28(18-30(40)50)35(53)46-29(39(57)58)17-25-13-11-10-12-14-25/h10-14,20-23,26-29,32-33,48H,9,15-19H2,1-8H3,(H2,40,50)(H,41,55)(H,42,49)(H,43,51)(H,44,52)(H,45,56)(H,46,53)(H,47,54)(H,57,58)/t22-,23+,26-,27-,28-,29-,32-,33-/m0/s1. The summed E-state index contributed by atoms with van der Waals surface area (Å²) in [4.78, 5) is 115. The van der Waals surface area contributed by atoms with E-state index in [2.05, 4.69) is 37.2 Å². The van der Waals surface area contributed by atoms with Gasteiger partial charge in [0.2, 0.25) is 47.3 Å². The van der Waals surface area contributed by atoms with Crippen molar-refractivity contribution in [2.45, 2.75) is 130 Å². The van der Waals surface area contributed by atoms with Gasteiger partial charge in [0, 0.05) is 13.3 Å². The molecule has 19 nitrogen and oxygen atoms in total. The van der Waals surface area contributed by atoms with Gasteiger partial charge in [0.25, 0.3) is 0 Å². The summed E-state index contributed by atoms with van der Waals surface area (Å²) in [7, 11) is 0. The van der Waals surface area contributed by atoms with E-state index in [9.17, 15) is 53.4 Å². The SMILES string of the molecule is CC[C@H](C)[C@H](NC(C)=O)C(=O)NCC(=O)N[C@@H](CC(C)C)C(=O)N[C@H](C(=O)N[C@@H](CC(C)C)C(=O)N[C@@H](CC(N)=O)C(=O)N[C@@H](Cc1ccccc1)C(=O)O)[C@@H](C)O. The monoisotopic (exact) mass is 818 g/mol. The predicted molar refractivity (Wildman–Crippen MR) is 212 cm³/mol. The lowest BCUT2D eigenvalue weighted by atomic mass is 9.98. The zero-order chi connectivity index (χ0) is 44.3. The van der Waals surface area contributed by atoms with Crippen molar-refractivity contribution in [3.8, 4) is 0 Å². The average Bonchev–Trinajstić information content (AvgIpc) is 3.12. The molecule has 1 aromatic carbocycles. The maximum atomic E-state index is 13.6. The van der Waals surface area contributed by atoms with E-state index in [1.165, 1.54) is 13.8 Å². The normalized spacial score (nSPS) is 15.2. The van der Waals surface area contributed by atoms with E-state index < -0.39 is 109 Å². The predicted octanol–water partition coefficient (Wildman–Crippen LogP) is -1.25. The number of carboxylic acid groups (broad SMARTS) is 1. The smallest absolute Gasteiger partial charge is 0.326 e. The van der Waals surface area contributed by atoms with Crippen LogP contribution in [0.2, 0.25) is 0 Å². The fourth-order valence-corrected chi connectivity index (χ4v) is 5.77. The van der Waals surface area contributed by atoms with Crippen molar-refractivity contribution in [2.24, 2.45) is 23.5 Å². The molecule has 0 saturated heterocycles. The summed E-state index contributed by atoms with van der Waals surface area (Å²) in [6, 6.07) is 0.254. The second-order valence-corrected chi connectivity index (χ2v) is 15.3. The van der Waals surface area contributed by atoms with E-state index in [0.29, 0.717) is 12.0 Å². The van der Waals surface area contributed by atoms with E-state index in [0.717, 1.165) is 0 Å². The van der Waals surface area contributed by atoms with Crippen LogP contribution in [0.25, 0.3) is 0 Å². The summed E-state index contributed by atoms with van der Waals surface area (Å²) in [5, 5.41) is 37.5. The molecule has 11 N–H and O–H groups in total. The Labute approximate surface area is 339 Å². The van der Waals surface area contributed by atoms with Gasteiger partial charge < -0.3 is 53.2 Å². The molecule has 0 bridgehead atoms. The Hall–Kier alpha value is -5.59. The number of aliphatic carboxylic acids is 1. The van der Waals surface area contributed by atoms with Gasteiger partial charge in [-0.25, -0.2) is 4.79 Å². The number of aliphatic hydroxyl groups excluding tert-OH is 1. The molecule has 1 aromatic rings. The largest absolute Gasteiger partial charge is 0.480 e. The molecule has 8 atom stereocenters. The van der Waals surface area contributed by atoms with Crippen molar-refractivity contribution in [3.05, 3.63) is 35.9 Å². The number of aliphatic hydroxyl groups is 1. The summed E-state index contributed by atoms with van der Waals surface area (Å²) in [6.07, 6.45) is -1.67. The van der Waals surface area contributed by atoms with Crippen LogP contribution in [0, 0.1) is 17.8 Å². The quantitative estimate of drug-likeness (QED) is 0.0556. The van der Waals surface area contributed by atoms with E-state index >= 15 is 0 Å². The zero-order valence-corrected chi connectivity index (χ0v) is 34.5. The first kappa shape index (κ1) is 50.4. The molecule has 0 heterocycles. The van der Waals surface area contributed by atoms with Crippen LogP contribution in [0.1, 0.15) is 86.6 Å². The summed E-state index contributed by atoms with van der Waals surface area (Å²) < 4.78 is 0. The van der Waals surface area contributed by atoms with Crippen LogP contribution in [-0.4, -0.2) is 112 Å². The second kappa shape index (κ2) is 24.9. The molecule has 0 unspecified atom stereocenters. The van der Waals surface area contributed by atoms with E-state index in [4.69, 9.17) is 5.73 Å². The van der Waals surface area contributed by atoms with Crippen LogP contribution in [0.3, 0.4) is 0 Å². The van der Waals surface area contributed by atoms with Gasteiger partial charge in [0.05, 0.1) is 19.1 Å². The molecule has 0 fully saturated rings. The highest BCUT2D eigenvalue weighted by Crippen LogP contribution is 2.11. The number of carboxylic acids is 1. The highest BCUT2D eigenvalue weighted by Gasteiger charge is 2.35. The third-order valence-corrected chi connectivity index (χ3v) is 8.97. The maximum absolute atomic E-state index is 13.6. The van der Waals surface area contributed by atoms with E-state index in [1.807, 2.05) is 6.92 Å². The zero-order valence-electron chi connectivity index (χ0n) is 34.5. The number of nitrogens with one attached hydrogen (secondary N) is 7. The molecular weight excluding hydrogens is 756 g/mol. The van der Waals surface area contributed by atoms with E-state index in [1.54, 1.807) is 65.0 Å². The number of amides is 8.